The highest BCUT2D eigenvalue weighted by molar-refractivity contribution is 7.25. The van der Waals surface area contributed by atoms with E-state index in [-0.39, 0.29) is 0 Å². The topological polar surface area (TPSA) is 16.4 Å². The number of anilines is 3. The molecule has 3 heteroatoms. The zero-order chi connectivity index (χ0) is 33.5. The molecule has 0 radical (unpaired) electrons. The van der Waals surface area contributed by atoms with Crippen LogP contribution in [0.1, 0.15) is 0 Å². The van der Waals surface area contributed by atoms with Gasteiger partial charge in [-0.15, -0.1) is 11.3 Å². The molecule has 9 aromatic carbocycles. The molecule has 0 aliphatic carbocycles. The number of nitrogens with zero attached hydrogens (tertiary/aromatic N) is 1. The number of fused-ring (bicyclic) bond motifs is 10. The summed E-state index contributed by atoms with van der Waals surface area (Å²) < 4.78 is 9.43. The first-order valence-corrected chi connectivity index (χ1v) is 18.2. The quantitative estimate of drug-likeness (QED) is 0.174. The molecule has 2 aromatic heterocycles. The molecule has 2 heterocycles. The van der Waals surface area contributed by atoms with Gasteiger partial charge in [-0.2, -0.15) is 0 Å². The first-order valence-electron chi connectivity index (χ1n) is 17.3. The van der Waals surface area contributed by atoms with E-state index >= 15 is 0 Å². The van der Waals surface area contributed by atoms with Crippen molar-refractivity contribution in [3.8, 4) is 11.1 Å². The highest BCUT2D eigenvalue weighted by Gasteiger charge is 2.23. The molecular formula is C48H29NOS. The van der Waals surface area contributed by atoms with Crippen LogP contribution >= 0.6 is 11.3 Å². The van der Waals surface area contributed by atoms with Gasteiger partial charge in [-0.25, -0.2) is 0 Å². The molecule has 2 nitrogen and oxygen atoms in total. The summed E-state index contributed by atoms with van der Waals surface area (Å²) in [5.41, 5.74) is 7.32. The first-order chi connectivity index (χ1) is 25.3. The molecule has 0 aliphatic rings. The fraction of sp³-hybridized carbons (Fsp3) is 0. The number of hydrogen-bond donors (Lipinski definition) is 0. The van der Waals surface area contributed by atoms with Gasteiger partial charge in [0.1, 0.15) is 11.2 Å². The molecule has 0 aliphatic heterocycles. The van der Waals surface area contributed by atoms with Crippen LogP contribution in [0.5, 0.6) is 0 Å². The molecule has 11 rings (SSSR count). The Morgan fingerprint density at radius 1 is 0.392 bits per heavy atom. The molecule has 0 N–H and O–H groups in total. The maximum atomic E-state index is 6.85. The van der Waals surface area contributed by atoms with E-state index in [2.05, 4.69) is 181 Å². The predicted octanol–water partition coefficient (Wildman–Crippen LogP) is 14.6. The van der Waals surface area contributed by atoms with E-state index in [4.69, 9.17) is 4.42 Å². The highest BCUT2D eigenvalue weighted by Crippen LogP contribution is 2.48. The summed E-state index contributed by atoms with van der Waals surface area (Å²) in [7, 11) is 0. The van der Waals surface area contributed by atoms with Crippen LogP contribution in [0.15, 0.2) is 180 Å². The SMILES string of the molecule is c1ccc2c(-c3ccc(N(c4ccc5c(ccc6ccccc65)c4)c4ccc5c(c4)sc4ccccc45)c4c3oc3ccccc34)cccc2c1. The average Bonchev–Trinajstić information content (AvgIpc) is 3.77. The molecule has 0 atom stereocenters. The van der Waals surface area contributed by atoms with Crippen molar-refractivity contribution in [3.05, 3.63) is 176 Å². The number of para-hydroxylation sites is 1. The van der Waals surface area contributed by atoms with E-state index in [1.807, 2.05) is 11.3 Å². The second-order valence-corrected chi connectivity index (χ2v) is 14.4. The molecule has 0 bridgehead atoms. The Labute approximate surface area is 298 Å². The molecular weight excluding hydrogens is 639 g/mol. The summed E-state index contributed by atoms with van der Waals surface area (Å²) in [5.74, 6) is 0. The molecule has 0 saturated carbocycles. The lowest BCUT2D eigenvalue weighted by Crippen LogP contribution is -2.10. The minimum Gasteiger partial charge on any atom is -0.455 e. The Hall–Kier alpha value is -6.42. The van der Waals surface area contributed by atoms with Gasteiger partial charge < -0.3 is 9.32 Å². The normalized spacial score (nSPS) is 11.9. The third-order valence-corrected chi connectivity index (χ3v) is 11.6. The monoisotopic (exact) mass is 667 g/mol. The number of hydrogen-bond acceptors (Lipinski definition) is 3. The molecule has 51 heavy (non-hydrogen) atoms. The molecule has 0 amide bonds. The maximum absolute atomic E-state index is 6.85. The van der Waals surface area contributed by atoms with Gasteiger partial charge >= 0.3 is 0 Å². The van der Waals surface area contributed by atoms with Crippen molar-refractivity contribution >= 4 is 103 Å². The van der Waals surface area contributed by atoms with E-state index in [1.54, 1.807) is 0 Å². The first kappa shape index (κ1) is 28.4. The zero-order valence-electron chi connectivity index (χ0n) is 27.5. The van der Waals surface area contributed by atoms with Crippen molar-refractivity contribution in [3.63, 3.8) is 0 Å². The second-order valence-electron chi connectivity index (χ2n) is 13.3. The van der Waals surface area contributed by atoms with E-state index in [1.165, 1.54) is 58.1 Å². The Balaban J connectivity index is 1.22. The van der Waals surface area contributed by atoms with Gasteiger partial charge in [-0.1, -0.05) is 127 Å². The Bertz CT molecular complexity index is 3160. The van der Waals surface area contributed by atoms with Crippen LogP contribution in [0.4, 0.5) is 17.1 Å². The second kappa shape index (κ2) is 11.0. The lowest BCUT2D eigenvalue weighted by molar-refractivity contribution is 0.670. The van der Waals surface area contributed by atoms with Crippen molar-refractivity contribution in [2.75, 3.05) is 4.90 Å². The van der Waals surface area contributed by atoms with Crippen molar-refractivity contribution in [1.82, 2.24) is 0 Å². The number of furan rings is 1. The fourth-order valence-electron chi connectivity index (χ4n) is 8.09. The number of benzene rings is 9. The van der Waals surface area contributed by atoms with E-state index in [9.17, 15) is 0 Å². The molecule has 0 spiro atoms. The van der Waals surface area contributed by atoms with Gasteiger partial charge in [0.05, 0.1) is 11.1 Å². The minimum absolute atomic E-state index is 0.881. The number of thiophene rings is 1. The van der Waals surface area contributed by atoms with E-state index in [0.717, 1.165) is 44.6 Å². The average molecular weight is 668 g/mol. The van der Waals surface area contributed by atoms with Gasteiger partial charge in [0.15, 0.2) is 0 Å². The lowest BCUT2D eigenvalue weighted by Gasteiger charge is -2.27. The minimum atomic E-state index is 0.881. The van der Waals surface area contributed by atoms with Crippen molar-refractivity contribution in [2.24, 2.45) is 0 Å². The summed E-state index contributed by atoms with van der Waals surface area (Å²) in [6.45, 7) is 0. The van der Waals surface area contributed by atoms with Crippen LogP contribution in [-0.4, -0.2) is 0 Å². The molecule has 238 valence electrons. The third-order valence-electron chi connectivity index (χ3n) is 10.4. The van der Waals surface area contributed by atoms with Gasteiger partial charge in [0.2, 0.25) is 0 Å². The van der Waals surface area contributed by atoms with Crippen molar-refractivity contribution < 1.29 is 4.42 Å². The van der Waals surface area contributed by atoms with Crippen molar-refractivity contribution in [2.45, 2.75) is 0 Å². The lowest BCUT2D eigenvalue weighted by atomic mass is 9.95. The Kier molecular flexibility index (Phi) is 6.16. The van der Waals surface area contributed by atoms with Crippen LogP contribution in [0.25, 0.3) is 85.6 Å². The van der Waals surface area contributed by atoms with E-state index in [0.29, 0.717) is 0 Å². The summed E-state index contributed by atoms with van der Waals surface area (Å²) in [4.78, 5) is 2.43. The number of rotatable bonds is 4. The van der Waals surface area contributed by atoms with Crippen molar-refractivity contribution in [1.29, 1.82) is 0 Å². The highest BCUT2D eigenvalue weighted by atomic mass is 32.1. The summed E-state index contributed by atoms with van der Waals surface area (Å²) in [5, 5.41) is 12.2. The maximum Gasteiger partial charge on any atom is 0.145 e. The van der Waals surface area contributed by atoms with Gasteiger partial charge in [-0.05, 0) is 86.4 Å². The third kappa shape index (κ3) is 4.35. The van der Waals surface area contributed by atoms with Gasteiger partial charge in [0.25, 0.3) is 0 Å². The zero-order valence-corrected chi connectivity index (χ0v) is 28.3. The molecule has 0 fully saturated rings. The molecule has 0 unspecified atom stereocenters. The summed E-state index contributed by atoms with van der Waals surface area (Å²) in [6, 6.07) is 63.8. The van der Waals surface area contributed by atoms with Crippen LogP contribution < -0.4 is 4.90 Å². The van der Waals surface area contributed by atoms with Crippen LogP contribution in [-0.2, 0) is 0 Å². The van der Waals surface area contributed by atoms with Crippen LogP contribution in [0.3, 0.4) is 0 Å². The van der Waals surface area contributed by atoms with Crippen LogP contribution in [0, 0.1) is 0 Å². The Morgan fingerprint density at radius 3 is 1.90 bits per heavy atom. The predicted molar refractivity (Wildman–Crippen MR) is 219 cm³/mol. The molecule has 11 aromatic rings. The standard InChI is InChI=1S/C48H29NOS/c1-4-14-36-30(10-1)12-9-17-38(36)41-26-27-43(47-42-16-5-7-18-44(42)50-48(41)47)49(34-23-25-40-39-15-6-8-19-45(39)51-46(40)29-34)33-22-24-37-32(28-33)21-20-31-11-2-3-13-35(31)37/h1-29H. The van der Waals surface area contributed by atoms with Gasteiger partial charge in [0, 0.05) is 42.5 Å². The van der Waals surface area contributed by atoms with Crippen LogP contribution in [0.2, 0.25) is 0 Å². The van der Waals surface area contributed by atoms with E-state index < -0.39 is 0 Å². The summed E-state index contributed by atoms with van der Waals surface area (Å²) in [6.07, 6.45) is 0. The fourth-order valence-corrected chi connectivity index (χ4v) is 9.23. The largest absolute Gasteiger partial charge is 0.455 e. The smallest absolute Gasteiger partial charge is 0.145 e. The Morgan fingerprint density at radius 2 is 1.02 bits per heavy atom. The molecule has 0 saturated heterocycles. The summed E-state index contributed by atoms with van der Waals surface area (Å²) >= 11 is 1.85. The van der Waals surface area contributed by atoms with Gasteiger partial charge in [-0.3, -0.25) is 0 Å².